The van der Waals surface area contributed by atoms with Gasteiger partial charge in [0.25, 0.3) is 0 Å². The Morgan fingerprint density at radius 1 is 1.15 bits per heavy atom. The van der Waals surface area contributed by atoms with Gasteiger partial charge in [-0.1, -0.05) is 24.3 Å². The predicted molar refractivity (Wildman–Crippen MR) is 83.4 cm³/mol. The number of nitrogens with zero attached hydrogens (tertiary/aromatic N) is 2. The summed E-state index contributed by atoms with van der Waals surface area (Å²) in [5, 5.41) is 6.57. The quantitative estimate of drug-likeness (QED) is 0.798. The summed E-state index contributed by atoms with van der Waals surface area (Å²) in [7, 11) is 0. The molecule has 0 aliphatic heterocycles. The number of hydrogen-bond acceptors (Lipinski definition) is 3. The first-order chi connectivity index (χ1) is 9.68. The van der Waals surface area contributed by atoms with E-state index in [1.165, 1.54) is 5.56 Å². The fraction of sp³-hybridized carbons (Fsp3) is 0.188. The number of aryl methyl sites for hydroxylation is 1. The van der Waals surface area contributed by atoms with Crippen molar-refractivity contribution in [2.45, 2.75) is 19.9 Å². The lowest BCUT2D eigenvalue weighted by molar-refractivity contribution is 0.826. The van der Waals surface area contributed by atoms with Gasteiger partial charge < -0.3 is 5.73 Å². The largest absolute Gasteiger partial charge is 0.320 e. The van der Waals surface area contributed by atoms with E-state index >= 15 is 0 Å². The van der Waals surface area contributed by atoms with E-state index in [1.807, 2.05) is 29.1 Å². The molecule has 1 aromatic carbocycles. The van der Waals surface area contributed by atoms with Crippen LogP contribution >= 0.6 is 11.3 Å². The molecule has 2 N–H and O–H groups in total. The molecule has 3 rings (SSSR count). The van der Waals surface area contributed by atoms with Crippen LogP contribution in [0.3, 0.4) is 0 Å². The van der Waals surface area contributed by atoms with E-state index in [-0.39, 0.29) is 6.04 Å². The summed E-state index contributed by atoms with van der Waals surface area (Å²) >= 11 is 1.68. The topological polar surface area (TPSA) is 43.8 Å². The molecule has 0 bridgehead atoms. The average Bonchev–Trinajstić information content (AvgIpc) is 3.09. The second-order valence-corrected chi connectivity index (χ2v) is 5.86. The zero-order valence-corrected chi connectivity index (χ0v) is 12.4. The third-order valence-corrected chi connectivity index (χ3v) is 4.53. The van der Waals surface area contributed by atoms with Gasteiger partial charge >= 0.3 is 0 Å². The zero-order valence-electron chi connectivity index (χ0n) is 11.6. The van der Waals surface area contributed by atoms with Crippen molar-refractivity contribution in [1.29, 1.82) is 0 Å². The van der Waals surface area contributed by atoms with Crippen molar-refractivity contribution in [3.8, 4) is 5.69 Å². The molecule has 1 atom stereocenters. The number of hydrogen-bond donors (Lipinski definition) is 1. The molecule has 0 saturated heterocycles. The first-order valence-electron chi connectivity index (χ1n) is 6.58. The maximum atomic E-state index is 6.35. The predicted octanol–water partition coefficient (Wildman–Crippen LogP) is 3.60. The molecule has 3 nitrogen and oxygen atoms in total. The highest BCUT2D eigenvalue weighted by molar-refractivity contribution is 7.10. The Labute approximate surface area is 122 Å². The first kappa shape index (κ1) is 13.1. The molecular weight excluding hydrogens is 266 g/mol. The van der Waals surface area contributed by atoms with Gasteiger partial charge in [0.05, 0.1) is 17.9 Å². The molecular formula is C16H17N3S. The molecule has 0 radical (unpaired) electrons. The molecule has 102 valence electrons. The van der Waals surface area contributed by atoms with E-state index in [1.54, 1.807) is 11.3 Å². The Morgan fingerprint density at radius 3 is 2.65 bits per heavy atom. The van der Waals surface area contributed by atoms with Gasteiger partial charge in [0.2, 0.25) is 0 Å². The average molecular weight is 283 g/mol. The molecule has 0 amide bonds. The van der Waals surface area contributed by atoms with Gasteiger partial charge in [0.15, 0.2) is 0 Å². The maximum absolute atomic E-state index is 6.35. The third-order valence-electron chi connectivity index (χ3n) is 3.58. The van der Waals surface area contributed by atoms with Gasteiger partial charge in [0, 0.05) is 16.1 Å². The van der Waals surface area contributed by atoms with E-state index in [4.69, 9.17) is 5.73 Å². The minimum Gasteiger partial charge on any atom is -0.320 e. The Bertz CT molecular complexity index is 713. The van der Waals surface area contributed by atoms with Gasteiger partial charge in [0.1, 0.15) is 0 Å². The molecule has 3 aromatic rings. The summed E-state index contributed by atoms with van der Waals surface area (Å²) in [6, 6.07) is 12.2. The Morgan fingerprint density at radius 2 is 1.95 bits per heavy atom. The van der Waals surface area contributed by atoms with Gasteiger partial charge in [-0.05, 0) is 36.9 Å². The summed E-state index contributed by atoms with van der Waals surface area (Å²) in [4.78, 5) is 1.16. The molecule has 0 aliphatic carbocycles. The lowest BCUT2D eigenvalue weighted by Gasteiger charge is -2.11. The number of para-hydroxylation sites is 1. The summed E-state index contributed by atoms with van der Waals surface area (Å²) in [6.07, 6.45) is 1.88. The second-order valence-electron chi connectivity index (χ2n) is 4.88. The van der Waals surface area contributed by atoms with Crippen molar-refractivity contribution >= 4 is 11.3 Å². The number of aromatic nitrogens is 2. The lowest BCUT2D eigenvalue weighted by atomic mass is 10.1. The minimum absolute atomic E-state index is 0.104. The van der Waals surface area contributed by atoms with E-state index < -0.39 is 0 Å². The molecule has 2 heterocycles. The highest BCUT2D eigenvalue weighted by atomic mass is 32.1. The van der Waals surface area contributed by atoms with Crippen molar-refractivity contribution < 1.29 is 0 Å². The molecule has 0 aliphatic rings. The summed E-state index contributed by atoms with van der Waals surface area (Å²) < 4.78 is 1.97. The van der Waals surface area contributed by atoms with Crippen molar-refractivity contribution in [3.63, 3.8) is 0 Å². The fourth-order valence-corrected chi connectivity index (χ4v) is 3.14. The van der Waals surface area contributed by atoms with Gasteiger partial charge in [-0.3, -0.25) is 0 Å². The van der Waals surface area contributed by atoms with Crippen molar-refractivity contribution in [1.82, 2.24) is 9.78 Å². The lowest BCUT2D eigenvalue weighted by Crippen LogP contribution is -2.11. The van der Waals surface area contributed by atoms with Crippen molar-refractivity contribution in [2.24, 2.45) is 5.73 Å². The van der Waals surface area contributed by atoms with Crippen LogP contribution in [0.5, 0.6) is 0 Å². The standard InChI is InChI=1S/C16H17N3S/c1-11-6-3-4-7-14(11)19-12(2)13(10-18-19)16(17)15-8-5-9-20-15/h3-10,16H,17H2,1-2H3. The summed E-state index contributed by atoms with van der Waals surface area (Å²) in [5.74, 6) is 0. The molecule has 0 fully saturated rings. The molecule has 2 aromatic heterocycles. The number of benzene rings is 1. The van der Waals surface area contributed by atoms with Crippen LogP contribution in [0, 0.1) is 13.8 Å². The van der Waals surface area contributed by atoms with Crippen LogP contribution in [-0.4, -0.2) is 9.78 Å². The molecule has 1 unspecified atom stereocenters. The molecule has 0 spiro atoms. The monoisotopic (exact) mass is 283 g/mol. The smallest absolute Gasteiger partial charge is 0.0679 e. The van der Waals surface area contributed by atoms with Crippen LogP contribution in [0.1, 0.15) is 27.7 Å². The van der Waals surface area contributed by atoms with Crippen LogP contribution in [0.4, 0.5) is 0 Å². The van der Waals surface area contributed by atoms with E-state index in [9.17, 15) is 0 Å². The minimum atomic E-state index is -0.104. The van der Waals surface area contributed by atoms with E-state index in [0.717, 1.165) is 21.8 Å². The molecule has 4 heteroatoms. The first-order valence-corrected chi connectivity index (χ1v) is 7.46. The normalized spacial score (nSPS) is 12.6. The van der Waals surface area contributed by atoms with Crippen molar-refractivity contribution in [2.75, 3.05) is 0 Å². The summed E-state index contributed by atoms with van der Waals surface area (Å²) in [5.41, 5.74) is 10.8. The number of rotatable bonds is 3. The molecule has 0 saturated carbocycles. The highest BCUT2D eigenvalue weighted by Crippen LogP contribution is 2.27. The number of nitrogens with two attached hydrogens (primary N) is 1. The van der Waals surface area contributed by atoms with Crippen LogP contribution in [0.25, 0.3) is 5.69 Å². The van der Waals surface area contributed by atoms with Crippen LogP contribution < -0.4 is 5.73 Å². The Kier molecular flexibility index (Phi) is 3.42. The number of thiophene rings is 1. The SMILES string of the molecule is Cc1ccccc1-n1ncc(C(N)c2cccs2)c1C. The maximum Gasteiger partial charge on any atom is 0.0679 e. The van der Waals surface area contributed by atoms with Gasteiger partial charge in [-0.25, -0.2) is 4.68 Å². The highest BCUT2D eigenvalue weighted by Gasteiger charge is 2.17. The van der Waals surface area contributed by atoms with E-state index in [2.05, 4.69) is 42.5 Å². The molecule has 20 heavy (non-hydrogen) atoms. The van der Waals surface area contributed by atoms with E-state index in [0.29, 0.717) is 0 Å². The van der Waals surface area contributed by atoms with Gasteiger partial charge in [-0.2, -0.15) is 5.10 Å². The second kappa shape index (κ2) is 5.23. The zero-order chi connectivity index (χ0) is 14.1. The van der Waals surface area contributed by atoms with Crippen LogP contribution in [0.15, 0.2) is 48.0 Å². The Balaban J connectivity index is 2.03. The van der Waals surface area contributed by atoms with Gasteiger partial charge in [-0.15, -0.1) is 11.3 Å². The third kappa shape index (κ3) is 2.17. The van der Waals surface area contributed by atoms with Crippen molar-refractivity contribution in [3.05, 3.63) is 69.7 Å². The summed E-state index contributed by atoms with van der Waals surface area (Å²) in [6.45, 7) is 4.16. The Hall–Kier alpha value is -1.91. The fourth-order valence-electron chi connectivity index (χ4n) is 2.39. The van der Waals surface area contributed by atoms with Crippen LogP contribution in [0.2, 0.25) is 0 Å². The van der Waals surface area contributed by atoms with Crippen LogP contribution in [-0.2, 0) is 0 Å².